The van der Waals surface area contributed by atoms with E-state index in [1.807, 2.05) is 0 Å². The van der Waals surface area contributed by atoms with Crippen LogP contribution in [0, 0.1) is 0 Å². The van der Waals surface area contributed by atoms with Gasteiger partial charge in [0, 0.05) is 28.0 Å². The fourth-order valence-electron chi connectivity index (χ4n) is 2.04. The molecule has 8 heteroatoms. The van der Waals surface area contributed by atoms with E-state index in [4.69, 9.17) is 0 Å². The first-order valence-corrected chi connectivity index (χ1v) is 10.1. The minimum Gasteiger partial charge on any atom is -0.247 e. The van der Waals surface area contributed by atoms with Crippen molar-refractivity contribution >= 4 is 45.2 Å². The Labute approximate surface area is 162 Å². The van der Waals surface area contributed by atoms with Crippen LogP contribution in [0.2, 0.25) is 0 Å². The summed E-state index contributed by atoms with van der Waals surface area (Å²) in [6, 6.07) is 0. The predicted molar refractivity (Wildman–Crippen MR) is 110 cm³/mol. The molecule has 0 saturated heterocycles. The van der Waals surface area contributed by atoms with Crippen LogP contribution in [0.5, 0.6) is 0 Å². The van der Waals surface area contributed by atoms with E-state index in [9.17, 15) is 14.4 Å². The van der Waals surface area contributed by atoms with Gasteiger partial charge in [0.2, 0.25) is 0 Å². The monoisotopic (exact) mass is 545 g/mol. The molecule has 0 saturated carbocycles. The molecule has 1 heterocycles. The average Bonchev–Trinajstić information content (AvgIpc) is 2.54. The molecule has 1 rings (SSSR count). The van der Waals surface area contributed by atoms with Crippen LogP contribution in [0.1, 0.15) is 19.3 Å². The van der Waals surface area contributed by atoms with Gasteiger partial charge in [-0.15, -0.1) is 13.2 Å². The molecule has 0 aromatic carbocycles. The van der Waals surface area contributed by atoms with E-state index >= 15 is 0 Å². The second-order valence-electron chi connectivity index (χ2n) is 5.00. The Morgan fingerprint density at radius 2 is 1.26 bits per heavy atom. The molecule has 0 bridgehead atoms. The number of hydrogen-bond acceptors (Lipinski definition) is 3. The van der Waals surface area contributed by atoms with E-state index in [1.165, 1.54) is 4.57 Å². The number of nitrogens with zero attached hydrogens (tertiary/aromatic N) is 3. The Hall–Kier alpha value is -0.650. The molecule has 1 atom stereocenters. The van der Waals surface area contributed by atoms with Crippen LogP contribution >= 0.6 is 45.2 Å². The smallest absolute Gasteiger partial charge is 0.247 e. The topological polar surface area (TPSA) is 66.0 Å². The number of aromatic nitrogens is 3. The third-order valence-electron chi connectivity index (χ3n) is 3.33. The van der Waals surface area contributed by atoms with E-state index in [0.29, 0.717) is 29.7 Å². The lowest BCUT2D eigenvalue weighted by atomic mass is 10.3. The maximum atomic E-state index is 12.5. The number of allylic oxidation sites excluding steroid dienone is 2. The highest BCUT2D eigenvalue weighted by molar-refractivity contribution is 14.1. The highest BCUT2D eigenvalue weighted by Crippen LogP contribution is 2.09. The van der Waals surface area contributed by atoms with Crippen molar-refractivity contribution in [2.24, 2.45) is 0 Å². The van der Waals surface area contributed by atoms with E-state index in [0.717, 1.165) is 13.6 Å². The molecule has 1 unspecified atom stereocenters. The Bertz CT molecular complexity index is 668. The molecule has 6 nitrogen and oxygen atoms in total. The van der Waals surface area contributed by atoms with E-state index < -0.39 is 17.1 Å². The number of hydrogen-bond donors (Lipinski definition) is 0. The van der Waals surface area contributed by atoms with Crippen molar-refractivity contribution in [3.63, 3.8) is 0 Å². The molecule has 0 amide bonds. The first kappa shape index (κ1) is 20.4. The molecular formula is C15H21I2N3O3. The van der Waals surface area contributed by atoms with Crippen molar-refractivity contribution in [1.29, 1.82) is 0 Å². The minimum atomic E-state index is -0.556. The van der Waals surface area contributed by atoms with Gasteiger partial charge in [-0.2, -0.15) is 0 Å². The molecule has 0 aliphatic heterocycles. The lowest BCUT2D eigenvalue weighted by Crippen LogP contribution is -2.54. The van der Waals surface area contributed by atoms with Crippen LogP contribution < -0.4 is 17.1 Å². The van der Waals surface area contributed by atoms with Crippen molar-refractivity contribution in [2.45, 2.75) is 42.8 Å². The third kappa shape index (κ3) is 5.44. The zero-order chi connectivity index (χ0) is 17.4. The Morgan fingerprint density at radius 3 is 1.61 bits per heavy atom. The predicted octanol–water partition coefficient (Wildman–Crippen LogP) is 1.95. The maximum absolute atomic E-state index is 12.5. The molecule has 1 aromatic heterocycles. The molecule has 128 valence electrons. The first-order valence-electron chi connectivity index (χ1n) is 7.34. The van der Waals surface area contributed by atoms with Crippen LogP contribution in [0.3, 0.4) is 0 Å². The van der Waals surface area contributed by atoms with Crippen molar-refractivity contribution in [3.05, 3.63) is 56.8 Å². The number of alkyl halides is 2. The van der Waals surface area contributed by atoms with Gasteiger partial charge in [-0.3, -0.25) is 0 Å². The summed E-state index contributed by atoms with van der Waals surface area (Å²) in [6.45, 7) is 8.00. The third-order valence-corrected chi connectivity index (χ3v) is 7.14. The van der Waals surface area contributed by atoms with Gasteiger partial charge in [-0.25, -0.2) is 28.1 Å². The second kappa shape index (κ2) is 10.3. The van der Waals surface area contributed by atoms with Gasteiger partial charge >= 0.3 is 17.1 Å². The summed E-state index contributed by atoms with van der Waals surface area (Å²) in [4.78, 5) is 37.4. The van der Waals surface area contributed by atoms with Gasteiger partial charge in [0.15, 0.2) is 0 Å². The summed E-state index contributed by atoms with van der Waals surface area (Å²) in [5, 5.41) is 0. The van der Waals surface area contributed by atoms with Gasteiger partial charge < -0.3 is 0 Å². The van der Waals surface area contributed by atoms with Crippen LogP contribution in [-0.2, 0) is 19.6 Å². The highest BCUT2D eigenvalue weighted by Gasteiger charge is 2.15. The van der Waals surface area contributed by atoms with Gasteiger partial charge in [0.05, 0.1) is 0 Å². The zero-order valence-corrected chi connectivity index (χ0v) is 17.2. The number of rotatable bonds is 10. The SMILES string of the molecule is C=CCCn1c(=O)n(CCC=C)c(=O)n(CCC(I)CI)c1=O. The molecule has 0 spiro atoms. The Morgan fingerprint density at radius 1 is 0.870 bits per heavy atom. The summed E-state index contributed by atoms with van der Waals surface area (Å²) in [5.74, 6) is 0. The van der Waals surface area contributed by atoms with Crippen molar-refractivity contribution in [3.8, 4) is 0 Å². The summed E-state index contributed by atoms with van der Waals surface area (Å²) in [6.07, 6.45) is 4.99. The van der Waals surface area contributed by atoms with E-state index in [-0.39, 0.29) is 13.1 Å². The average molecular weight is 545 g/mol. The molecule has 0 fully saturated rings. The normalized spacial score (nSPS) is 12.1. The van der Waals surface area contributed by atoms with E-state index in [2.05, 4.69) is 58.3 Å². The van der Waals surface area contributed by atoms with Gasteiger partial charge in [0.25, 0.3) is 0 Å². The fourth-order valence-corrected chi connectivity index (χ4v) is 2.76. The summed E-state index contributed by atoms with van der Waals surface area (Å²) >= 11 is 4.57. The minimum absolute atomic E-state index is 0.232. The molecular weight excluding hydrogens is 524 g/mol. The lowest BCUT2D eigenvalue weighted by molar-refractivity contribution is 0.443. The Kier molecular flexibility index (Phi) is 9.10. The van der Waals surface area contributed by atoms with Crippen molar-refractivity contribution in [1.82, 2.24) is 13.7 Å². The fraction of sp³-hybridized carbons (Fsp3) is 0.533. The zero-order valence-electron chi connectivity index (χ0n) is 12.9. The van der Waals surface area contributed by atoms with Gasteiger partial charge in [-0.1, -0.05) is 57.3 Å². The van der Waals surface area contributed by atoms with Crippen molar-refractivity contribution < 1.29 is 0 Å². The van der Waals surface area contributed by atoms with Gasteiger partial charge in [-0.05, 0) is 19.3 Å². The largest absolute Gasteiger partial charge is 0.336 e. The molecule has 0 radical (unpaired) electrons. The Balaban J connectivity index is 3.38. The van der Waals surface area contributed by atoms with Gasteiger partial charge in [0.1, 0.15) is 0 Å². The van der Waals surface area contributed by atoms with Crippen LogP contribution in [0.15, 0.2) is 39.7 Å². The summed E-state index contributed by atoms with van der Waals surface area (Å²) in [7, 11) is 0. The van der Waals surface area contributed by atoms with Crippen molar-refractivity contribution in [2.75, 3.05) is 4.43 Å². The van der Waals surface area contributed by atoms with Crippen LogP contribution in [-0.4, -0.2) is 22.1 Å². The molecule has 1 aromatic rings. The number of halogens is 2. The summed E-state index contributed by atoms with van der Waals surface area (Å²) < 4.78 is 4.73. The summed E-state index contributed by atoms with van der Waals surface area (Å²) in [5.41, 5.74) is -1.62. The van der Waals surface area contributed by atoms with Crippen LogP contribution in [0.25, 0.3) is 0 Å². The molecule has 0 aliphatic rings. The first-order chi connectivity index (χ1) is 11.0. The van der Waals surface area contributed by atoms with E-state index in [1.54, 1.807) is 12.2 Å². The quantitative estimate of drug-likeness (QED) is 0.257. The maximum Gasteiger partial charge on any atom is 0.336 e. The second-order valence-corrected chi connectivity index (χ2v) is 7.64. The molecule has 23 heavy (non-hydrogen) atoms. The molecule has 0 aliphatic carbocycles. The van der Waals surface area contributed by atoms with Crippen LogP contribution in [0.4, 0.5) is 0 Å². The molecule has 0 N–H and O–H groups in total. The highest BCUT2D eigenvalue weighted by atomic mass is 127. The lowest BCUT2D eigenvalue weighted by Gasteiger charge is -2.14. The standard InChI is InChI=1S/C15H21I2N3O3/c1-3-5-8-18-13(21)19(9-6-4-2)15(23)20(14(18)22)10-7-12(17)11-16/h3-4,12H,1-2,5-11H2.